The quantitative estimate of drug-likeness (QED) is 0.793. The molecule has 0 aromatic rings. The van der Waals surface area contributed by atoms with Crippen LogP contribution >= 0.6 is 0 Å². The van der Waals surface area contributed by atoms with E-state index in [9.17, 15) is 9.59 Å². The number of amides is 2. The van der Waals surface area contributed by atoms with E-state index in [1.165, 1.54) is 0 Å². The van der Waals surface area contributed by atoms with E-state index in [2.05, 4.69) is 24.5 Å². The molecule has 0 spiro atoms. The molecule has 0 rings (SSSR count). The third-order valence-corrected chi connectivity index (χ3v) is 2.15. The zero-order chi connectivity index (χ0) is 14.3. The van der Waals surface area contributed by atoms with Crippen molar-refractivity contribution >= 4 is 12.0 Å². The Morgan fingerprint density at radius 2 is 1.72 bits per heavy atom. The van der Waals surface area contributed by atoms with Crippen LogP contribution in [0.25, 0.3) is 0 Å². The molecule has 0 aliphatic rings. The summed E-state index contributed by atoms with van der Waals surface area (Å²) < 4.78 is 5.07. The van der Waals surface area contributed by atoms with Crippen molar-refractivity contribution in [3.63, 3.8) is 0 Å². The summed E-state index contributed by atoms with van der Waals surface area (Å²) in [5, 5.41) is 5.27. The molecule has 18 heavy (non-hydrogen) atoms. The van der Waals surface area contributed by atoms with Gasteiger partial charge in [0, 0.05) is 6.54 Å². The molecule has 0 heterocycles. The summed E-state index contributed by atoms with van der Waals surface area (Å²) in [6, 6.07) is -0.591. The van der Waals surface area contributed by atoms with Gasteiger partial charge in [0.05, 0.1) is 0 Å². The SMILES string of the molecule is CC(C)CCNC(=O)[C@@H](C)NC(=O)OC(C)(C)C. The van der Waals surface area contributed by atoms with E-state index in [0.29, 0.717) is 12.5 Å². The Balaban J connectivity index is 3.97. The summed E-state index contributed by atoms with van der Waals surface area (Å²) in [7, 11) is 0. The first-order valence-corrected chi connectivity index (χ1v) is 6.39. The molecule has 0 aliphatic carbocycles. The van der Waals surface area contributed by atoms with Crippen LogP contribution in [0.15, 0.2) is 0 Å². The van der Waals surface area contributed by atoms with E-state index in [1.807, 2.05) is 0 Å². The lowest BCUT2D eigenvalue weighted by Gasteiger charge is -2.21. The monoisotopic (exact) mass is 258 g/mol. The van der Waals surface area contributed by atoms with Crippen LogP contribution in [0.3, 0.4) is 0 Å². The first-order chi connectivity index (χ1) is 8.11. The molecule has 0 fully saturated rings. The van der Waals surface area contributed by atoms with Crippen molar-refractivity contribution in [2.45, 2.75) is 59.6 Å². The van der Waals surface area contributed by atoms with Gasteiger partial charge < -0.3 is 15.4 Å². The molecule has 0 bridgehead atoms. The second kappa shape index (κ2) is 7.24. The Morgan fingerprint density at radius 1 is 1.17 bits per heavy atom. The molecular formula is C13H26N2O3. The molecule has 0 unspecified atom stereocenters. The van der Waals surface area contributed by atoms with Crippen LogP contribution in [0.1, 0.15) is 48.0 Å². The number of carbonyl (C=O) groups is 2. The Hall–Kier alpha value is -1.26. The summed E-state index contributed by atoms with van der Waals surface area (Å²) in [5.41, 5.74) is -0.558. The van der Waals surface area contributed by atoms with Crippen LogP contribution in [0.2, 0.25) is 0 Å². The predicted molar refractivity (Wildman–Crippen MR) is 71.3 cm³/mol. The first-order valence-electron chi connectivity index (χ1n) is 6.39. The molecule has 0 saturated carbocycles. The highest BCUT2D eigenvalue weighted by Crippen LogP contribution is 2.06. The van der Waals surface area contributed by atoms with Crippen LogP contribution in [0, 0.1) is 5.92 Å². The molecule has 0 aromatic heterocycles. The molecule has 106 valence electrons. The summed E-state index contributed by atoms with van der Waals surface area (Å²) in [5.74, 6) is 0.348. The van der Waals surface area contributed by atoms with Gasteiger partial charge in [0.2, 0.25) is 5.91 Å². The smallest absolute Gasteiger partial charge is 0.408 e. The maximum Gasteiger partial charge on any atom is 0.408 e. The fourth-order valence-electron chi connectivity index (χ4n) is 1.19. The van der Waals surface area contributed by atoms with Gasteiger partial charge in [0.1, 0.15) is 11.6 Å². The summed E-state index contributed by atoms with van der Waals surface area (Å²) in [4.78, 5) is 23.1. The maximum absolute atomic E-state index is 11.6. The number of rotatable bonds is 5. The maximum atomic E-state index is 11.6. The lowest BCUT2D eigenvalue weighted by Crippen LogP contribution is -2.46. The molecule has 0 aromatic carbocycles. The second-order valence-corrected chi connectivity index (χ2v) is 5.84. The number of ether oxygens (including phenoxy) is 1. The molecular weight excluding hydrogens is 232 g/mol. The van der Waals surface area contributed by atoms with Gasteiger partial charge in [-0.25, -0.2) is 4.79 Å². The van der Waals surface area contributed by atoms with Crippen molar-refractivity contribution in [3.8, 4) is 0 Å². The molecule has 2 N–H and O–H groups in total. The van der Waals surface area contributed by atoms with E-state index < -0.39 is 17.7 Å². The van der Waals surface area contributed by atoms with E-state index >= 15 is 0 Å². The third-order valence-electron chi connectivity index (χ3n) is 2.15. The highest BCUT2D eigenvalue weighted by Gasteiger charge is 2.20. The average Bonchev–Trinajstić information content (AvgIpc) is 2.13. The number of hydrogen-bond donors (Lipinski definition) is 2. The van der Waals surface area contributed by atoms with Crippen molar-refractivity contribution in [1.82, 2.24) is 10.6 Å². The number of hydrogen-bond acceptors (Lipinski definition) is 3. The molecule has 1 atom stereocenters. The zero-order valence-corrected chi connectivity index (χ0v) is 12.3. The van der Waals surface area contributed by atoms with Crippen LogP contribution < -0.4 is 10.6 Å². The molecule has 2 amide bonds. The lowest BCUT2D eigenvalue weighted by atomic mass is 10.1. The van der Waals surface area contributed by atoms with Crippen molar-refractivity contribution in [2.24, 2.45) is 5.92 Å². The van der Waals surface area contributed by atoms with Gasteiger partial charge in [-0.15, -0.1) is 0 Å². The van der Waals surface area contributed by atoms with Crippen LogP contribution in [0.5, 0.6) is 0 Å². The van der Waals surface area contributed by atoms with Gasteiger partial charge >= 0.3 is 6.09 Å². The highest BCUT2D eigenvalue weighted by atomic mass is 16.6. The normalized spacial score (nSPS) is 13.1. The summed E-state index contributed by atoms with van der Waals surface area (Å²) in [6.07, 6.45) is 0.347. The Morgan fingerprint density at radius 3 is 2.17 bits per heavy atom. The molecule has 0 saturated heterocycles. The van der Waals surface area contributed by atoms with Gasteiger partial charge in [-0.2, -0.15) is 0 Å². The van der Waals surface area contributed by atoms with Crippen LogP contribution in [0.4, 0.5) is 4.79 Å². The summed E-state index contributed by atoms with van der Waals surface area (Å²) in [6.45, 7) is 11.8. The topological polar surface area (TPSA) is 67.4 Å². The van der Waals surface area contributed by atoms with Crippen molar-refractivity contribution in [1.29, 1.82) is 0 Å². The van der Waals surface area contributed by atoms with E-state index in [1.54, 1.807) is 27.7 Å². The molecule has 0 aliphatic heterocycles. The Bertz CT molecular complexity index is 282. The minimum Gasteiger partial charge on any atom is -0.444 e. The van der Waals surface area contributed by atoms with Gasteiger partial charge in [-0.05, 0) is 40.0 Å². The largest absolute Gasteiger partial charge is 0.444 e. The summed E-state index contributed by atoms with van der Waals surface area (Å²) >= 11 is 0. The van der Waals surface area contributed by atoms with Crippen molar-refractivity contribution < 1.29 is 14.3 Å². The van der Waals surface area contributed by atoms with Gasteiger partial charge in [0.15, 0.2) is 0 Å². The third kappa shape index (κ3) is 8.84. The molecule has 0 radical (unpaired) electrons. The zero-order valence-electron chi connectivity index (χ0n) is 12.3. The molecule has 5 heteroatoms. The van der Waals surface area contributed by atoms with Crippen molar-refractivity contribution in [2.75, 3.05) is 6.54 Å². The standard InChI is InChI=1S/C13H26N2O3/c1-9(2)7-8-14-11(16)10(3)15-12(17)18-13(4,5)6/h9-10H,7-8H2,1-6H3,(H,14,16)(H,15,17)/t10-/m1/s1. The minimum absolute atomic E-state index is 0.193. The van der Waals surface area contributed by atoms with Crippen molar-refractivity contribution in [3.05, 3.63) is 0 Å². The second-order valence-electron chi connectivity index (χ2n) is 5.84. The fraction of sp³-hybridized carbons (Fsp3) is 0.846. The van der Waals surface area contributed by atoms with Crippen LogP contribution in [-0.4, -0.2) is 30.2 Å². The van der Waals surface area contributed by atoms with E-state index in [4.69, 9.17) is 4.74 Å². The minimum atomic E-state index is -0.591. The Labute approximate surface area is 110 Å². The number of carbonyl (C=O) groups excluding carboxylic acids is 2. The fourth-order valence-corrected chi connectivity index (χ4v) is 1.19. The van der Waals surface area contributed by atoms with Gasteiger partial charge in [-0.1, -0.05) is 13.8 Å². The lowest BCUT2D eigenvalue weighted by molar-refractivity contribution is -0.122. The van der Waals surface area contributed by atoms with Gasteiger partial charge in [0.25, 0.3) is 0 Å². The number of alkyl carbamates (subject to hydrolysis) is 1. The Kier molecular flexibility index (Phi) is 6.73. The van der Waals surface area contributed by atoms with E-state index in [-0.39, 0.29) is 5.91 Å². The highest BCUT2D eigenvalue weighted by molar-refractivity contribution is 5.85. The van der Waals surface area contributed by atoms with Gasteiger partial charge in [-0.3, -0.25) is 4.79 Å². The number of nitrogens with one attached hydrogen (secondary N) is 2. The van der Waals surface area contributed by atoms with Crippen LogP contribution in [-0.2, 0) is 9.53 Å². The molecule has 5 nitrogen and oxygen atoms in total. The first kappa shape index (κ1) is 16.7. The van der Waals surface area contributed by atoms with E-state index in [0.717, 1.165) is 6.42 Å². The predicted octanol–water partition coefficient (Wildman–Crippen LogP) is 2.06. The average molecular weight is 258 g/mol.